The van der Waals surface area contributed by atoms with Gasteiger partial charge in [0.05, 0.1) is 0 Å². The molecule has 0 saturated heterocycles. The number of alkyl halides is 1. The van der Waals surface area contributed by atoms with Gasteiger partial charge in [0.1, 0.15) is 0 Å². The second-order valence-electron chi connectivity index (χ2n) is 3.69. The van der Waals surface area contributed by atoms with Gasteiger partial charge in [0.15, 0.2) is 0 Å². The molecular weight excluding hydrogens is 305 g/mol. The van der Waals surface area contributed by atoms with Crippen LogP contribution in [0.25, 0.3) is 0 Å². The van der Waals surface area contributed by atoms with E-state index in [1.165, 1.54) is 16.0 Å². The summed E-state index contributed by atoms with van der Waals surface area (Å²) in [5.41, 5.74) is 3.72. The highest BCUT2D eigenvalue weighted by Gasteiger charge is 2.19. The summed E-state index contributed by atoms with van der Waals surface area (Å²) in [6.45, 7) is 1.15. The van der Waals surface area contributed by atoms with Crippen molar-refractivity contribution in [2.75, 3.05) is 6.54 Å². The van der Waals surface area contributed by atoms with E-state index in [0.29, 0.717) is 13.1 Å². The van der Waals surface area contributed by atoms with Gasteiger partial charge in [-0.15, -0.1) is 0 Å². The Hall–Kier alpha value is -0.780. The summed E-state index contributed by atoms with van der Waals surface area (Å²) in [5.74, 6) is 0. The summed E-state index contributed by atoms with van der Waals surface area (Å²) in [5, 5.41) is 8.91. The van der Waals surface area contributed by atoms with Crippen molar-refractivity contribution in [2.45, 2.75) is 17.4 Å². The van der Waals surface area contributed by atoms with Gasteiger partial charge in [-0.3, -0.25) is 0 Å². The van der Waals surface area contributed by atoms with Gasteiger partial charge >= 0.3 is 6.09 Å². The van der Waals surface area contributed by atoms with Crippen LogP contribution in [0.15, 0.2) is 18.2 Å². The van der Waals surface area contributed by atoms with Crippen molar-refractivity contribution in [3.05, 3.63) is 34.9 Å². The average molecular weight is 317 g/mol. The first-order valence-corrected chi connectivity index (χ1v) is 6.38. The number of halogens is 1. The second kappa shape index (κ2) is 4.38. The Morgan fingerprint density at radius 1 is 1.47 bits per heavy atom. The van der Waals surface area contributed by atoms with Gasteiger partial charge in [-0.25, -0.2) is 4.79 Å². The number of hydrogen-bond acceptors (Lipinski definition) is 1. The lowest BCUT2D eigenvalue weighted by atomic mass is 9.98. The van der Waals surface area contributed by atoms with Gasteiger partial charge in [-0.1, -0.05) is 40.8 Å². The molecule has 4 heteroatoms. The molecule has 1 aliphatic heterocycles. The van der Waals surface area contributed by atoms with E-state index in [1.807, 2.05) is 0 Å². The van der Waals surface area contributed by atoms with Crippen molar-refractivity contribution in [1.29, 1.82) is 0 Å². The molecule has 1 aliphatic rings. The Bertz CT molecular complexity index is 392. The van der Waals surface area contributed by atoms with E-state index in [2.05, 4.69) is 40.8 Å². The van der Waals surface area contributed by atoms with Crippen LogP contribution in [0.1, 0.15) is 16.7 Å². The summed E-state index contributed by atoms with van der Waals surface area (Å²) < 4.78 is 0.970. The van der Waals surface area contributed by atoms with Gasteiger partial charge in [-0.2, -0.15) is 0 Å². The molecule has 0 radical (unpaired) electrons. The summed E-state index contributed by atoms with van der Waals surface area (Å²) >= 11 is 2.32. The topological polar surface area (TPSA) is 40.5 Å². The highest BCUT2D eigenvalue weighted by atomic mass is 127. The molecule has 80 valence electrons. The third-order valence-corrected chi connectivity index (χ3v) is 3.59. The zero-order valence-corrected chi connectivity index (χ0v) is 10.4. The van der Waals surface area contributed by atoms with Crippen LogP contribution < -0.4 is 0 Å². The normalized spacial score (nSPS) is 14.9. The number of fused-ring (bicyclic) bond motifs is 1. The molecule has 1 heterocycles. The third kappa shape index (κ3) is 2.25. The highest BCUT2D eigenvalue weighted by Crippen LogP contribution is 2.21. The summed E-state index contributed by atoms with van der Waals surface area (Å²) in [4.78, 5) is 12.3. The standard InChI is InChI=1S/C11H12INO2/c12-6-8-1-2-9-3-4-13(11(14)15)7-10(9)5-8/h1-2,5H,3-4,6-7H2,(H,14,15). The van der Waals surface area contributed by atoms with Gasteiger partial charge in [0.2, 0.25) is 0 Å². The maximum absolute atomic E-state index is 10.8. The fraction of sp³-hybridized carbons (Fsp3) is 0.364. The second-order valence-corrected chi connectivity index (χ2v) is 4.45. The quantitative estimate of drug-likeness (QED) is 0.639. The molecule has 0 atom stereocenters. The molecule has 0 fully saturated rings. The van der Waals surface area contributed by atoms with Crippen LogP contribution in [-0.4, -0.2) is 22.6 Å². The molecule has 0 aliphatic carbocycles. The van der Waals surface area contributed by atoms with Crippen LogP contribution in [-0.2, 0) is 17.4 Å². The molecule has 0 saturated carbocycles. The monoisotopic (exact) mass is 317 g/mol. The summed E-state index contributed by atoms with van der Waals surface area (Å²) in [7, 11) is 0. The molecule has 0 bridgehead atoms. The highest BCUT2D eigenvalue weighted by molar-refractivity contribution is 14.1. The van der Waals surface area contributed by atoms with E-state index in [9.17, 15) is 4.79 Å². The maximum Gasteiger partial charge on any atom is 0.407 e. The number of amides is 1. The fourth-order valence-corrected chi connectivity index (χ4v) is 2.33. The van der Waals surface area contributed by atoms with Crippen molar-refractivity contribution in [3.63, 3.8) is 0 Å². The molecule has 1 N–H and O–H groups in total. The van der Waals surface area contributed by atoms with Crippen molar-refractivity contribution in [3.8, 4) is 0 Å². The Morgan fingerprint density at radius 3 is 2.93 bits per heavy atom. The molecule has 0 aromatic heterocycles. The minimum absolute atomic E-state index is 0.537. The number of rotatable bonds is 1. The first kappa shape index (κ1) is 10.7. The Kier molecular flexibility index (Phi) is 3.14. The molecule has 0 spiro atoms. The SMILES string of the molecule is O=C(O)N1CCc2ccc(CI)cc2C1. The number of nitrogens with zero attached hydrogens (tertiary/aromatic N) is 1. The van der Waals surface area contributed by atoms with Crippen molar-refractivity contribution >= 4 is 28.7 Å². The third-order valence-electron chi connectivity index (χ3n) is 2.71. The minimum Gasteiger partial charge on any atom is -0.465 e. The summed E-state index contributed by atoms with van der Waals surface area (Å²) in [6.07, 6.45) is 0.0175. The number of hydrogen-bond donors (Lipinski definition) is 1. The molecule has 1 aromatic rings. The lowest BCUT2D eigenvalue weighted by Gasteiger charge is -2.26. The zero-order chi connectivity index (χ0) is 10.8. The lowest BCUT2D eigenvalue weighted by Crippen LogP contribution is -2.34. The number of benzene rings is 1. The van der Waals surface area contributed by atoms with Gasteiger partial charge < -0.3 is 10.0 Å². The number of carboxylic acid groups (broad SMARTS) is 1. The fourth-order valence-electron chi connectivity index (χ4n) is 1.86. The van der Waals surface area contributed by atoms with E-state index in [4.69, 9.17) is 5.11 Å². The Balaban J connectivity index is 2.27. The van der Waals surface area contributed by atoms with Crippen LogP contribution in [0.4, 0.5) is 4.79 Å². The van der Waals surface area contributed by atoms with E-state index in [0.717, 1.165) is 16.4 Å². The van der Waals surface area contributed by atoms with E-state index in [1.54, 1.807) is 0 Å². The smallest absolute Gasteiger partial charge is 0.407 e. The van der Waals surface area contributed by atoms with Crippen molar-refractivity contribution in [1.82, 2.24) is 4.90 Å². The van der Waals surface area contributed by atoms with Gasteiger partial charge in [-0.05, 0) is 23.1 Å². The summed E-state index contributed by atoms with van der Waals surface area (Å²) in [6, 6.07) is 6.38. The number of carbonyl (C=O) groups is 1. The maximum atomic E-state index is 10.8. The molecule has 0 unspecified atom stereocenters. The van der Waals surface area contributed by atoms with Crippen LogP contribution in [0.3, 0.4) is 0 Å². The molecule has 1 aromatic carbocycles. The molecule has 2 rings (SSSR count). The Labute approximate surface area is 102 Å². The van der Waals surface area contributed by atoms with Gasteiger partial charge in [0, 0.05) is 17.5 Å². The minimum atomic E-state index is -0.819. The molecule has 1 amide bonds. The molecule has 15 heavy (non-hydrogen) atoms. The van der Waals surface area contributed by atoms with Crippen LogP contribution in [0.2, 0.25) is 0 Å². The molecular formula is C11H12INO2. The van der Waals surface area contributed by atoms with E-state index < -0.39 is 6.09 Å². The van der Waals surface area contributed by atoms with Crippen LogP contribution in [0.5, 0.6) is 0 Å². The largest absolute Gasteiger partial charge is 0.465 e. The van der Waals surface area contributed by atoms with Crippen LogP contribution >= 0.6 is 22.6 Å². The van der Waals surface area contributed by atoms with Crippen molar-refractivity contribution < 1.29 is 9.90 Å². The van der Waals surface area contributed by atoms with Crippen LogP contribution in [0, 0.1) is 0 Å². The van der Waals surface area contributed by atoms with Crippen molar-refractivity contribution in [2.24, 2.45) is 0 Å². The first-order valence-electron chi connectivity index (χ1n) is 4.85. The Morgan fingerprint density at radius 2 is 2.27 bits per heavy atom. The molecule has 3 nitrogen and oxygen atoms in total. The predicted molar refractivity (Wildman–Crippen MR) is 66.3 cm³/mol. The predicted octanol–water partition coefficient (Wildman–Crippen LogP) is 2.66. The average Bonchev–Trinajstić information content (AvgIpc) is 2.27. The van der Waals surface area contributed by atoms with E-state index in [-0.39, 0.29) is 0 Å². The van der Waals surface area contributed by atoms with E-state index >= 15 is 0 Å². The zero-order valence-electron chi connectivity index (χ0n) is 8.24. The van der Waals surface area contributed by atoms with Gasteiger partial charge in [0.25, 0.3) is 0 Å². The lowest BCUT2D eigenvalue weighted by molar-refractivity contribution is 0.140. The first-order chi connectivity index (χ1) is 7.20.